The smallest absolute Gasteiger partial charge is 0.307 e. The number of rotatable bonds is 7. The molecule has 0 spiro atoms. The molecule has 5 N–H and O–H groups in total. The molecule has 7 nitrogen and oxygen atoms in total. The fourth-order valence-electron chi connectivity index (χ4n) is 2.66. The molecule has 0 aromatic carbocycles. The maximum Gasteiger partial charge on any atom is 0.307 e. The van der Waals surface area contributed by atoms with E-state index in [9.17, 15) is 30.0 Å². The Hall–Kier alpha value is -1.18. The fourth-order valence-corrected chi connectivity index (χ4v) is 2.66. The van der Waals surface area contributed by atoms with Crippen molar-refractivity contribution in [2.24, 2.45) is 17.8 Å². The molecule has 1 saturated carbocycles. The van der Waals surface area contributed by atoms with Gasteiger partial charge in [-0.15, -0.1) is 0 Å². The Bertz CT molecular complexity index is 347. The minimum Gasteiger partial charge on any atom is -0.481 e. The summed E-state index contributed by atoms with van der Waals surface area (Å²) in [5.41, 5.74) is -1.51. The standard InChI is InChI=1S/C13H23NO6/c1-2-8-3-9(10(4-8)12(19)20)11(18)14-13(5-15,6-16)7-17/h8-10,15-17H,2-7H2,1H3,(H,14,18)(H,19,20). The maximum atomic E-state index is 12.2. The molecule has 1 aliphatic rings. The van der Waals surface area contributed by atoms with Crippen LogP contribution >= 0.6 is 0 Å². The molecule has 3 unspecified atom stereocenters. The van der Waals surface area contributed by atoms with Gasteiger partial charge in [-0.05, 0) is 18.8 Å². The molecule has 0 saturated heterocycles. The van der Waals surface area contributed by atoms with Crippen molar-refractivity contribution in [2.45, 2.75) is 31.7 Å². The molecule has 0 heterocycles. The SMILES string of the molecule is CCC1CC(C(=O)O)C(C(=O)NC(CO)(CO)CO)C1. The Morgan fingerprint density at radius 3 is 2.00 bits per heavy atom. The summed E-state index contributed by atoms with van der Waals surface area (Å²) >= 11 is 0. The van der Waals surface area contributed by atoms with Gasteiger partial charge in [-0.2, -0.15) is 0 Å². The molecule has 1 aliphatic carbocycles. The Morgan fingerprint density at radius 2 is 1.60 bits per heavy atom. The van der Waals surface area contributed by atoms with Gasteiger partial charge in [0, 0.05) is 0 Å². The van der Waals surface area contributed by atoms with Crippen molar-refractivity contribution in [3.05, 3.63) is 0 Å². The highest BCUT2D eigenvalue weighted by molar-refractivity contribution is 5.85. The van der Waals surface area contributed by atoms with Crippen molar-refractivity contribution in [1.29, 1.82) is 0 Å². The first-order valence-electron chi connectivity index (χ1n) is 6.80. The lowest BCUT2D eigenvalue weighted by Crippen LogP contribution is -2.58. The number of hydrogen-bond donors (Lipinski definition) is 5. The summed E-state index contributed by atoms with van der Waals surface area (Å²) in [5.74, 6) is -2.82. The first-order valence-corrected chi connectivity index (χ1v) is 6.80. The number of aliphatic hydroxyl groups is 3. The second-order valence-electron chi connectivity index (χ2n) is 5.54. The third-order valence-electron chi connectivity index (χ3n) is 4.19. The van der Waals surface area contributed by atoms with Crippen molar-refractivity contribution < 1.29 is 30.0 Å². The zero-order valence-electron chi connectivity index (χ0n) is 11.6. The van der Waals surface area contributed by atoms with Gasteiger partial charge in [0.15, 0.2) is 0 Å². The molecule has 20 heavy (non-hydrogen) atoms. The maximum absolute atomic E-state index is 12.2. The van der Waals surface area contributed by atoms with Gasteiger partial charge >= 0.3 is 5.97 Å². The van der Waals surface area contributed by atoms with Crippen LogP contribution in [0.25, 0.3) is 0 Å². The summed E-state index contributed by atoms with van der Waals surface area (Å²) in [6.45, 7) is 0.0948. The van der Waals surface area contributed by atoms with Gasteiger partial charge in [-0.25, -0.2) is 0 Å². The molecule has 1 rings (SSSR count). The normalized spacial score (nSPS) is 26.5. The van der Waals surface area contributed by atoms with Crippen LogP contribution in [0.4, 0.5) is 0 Å². The van der Waals surface area contributed by atoms with Crippen LogP contribution in [0, 0.1) is 17.8 Å². The summed E-state index contributed by atoms with van der Waals surface area (Å²) in [7, 11) is 0. The first-order chi connectivity index (χ1) is 9.42. The molecule has 0 aromatic rings. The number of hydrogen-bond acceptors (Lipinski definition) is 5. The van der Waals surface area contributed by atoms with E-state index in [0.29, 0.717) is 12.8 Å². The van der Waals surface area contributed by atoms with Crippen molar-refractivity contribution >= 4 is 11.9 Å². The average molecular weight is 289 g/mol. The minimum atomic E-state index is -1.51. The molecule has 116 valence electrons. The van der Waals surface area contributed by atoms with E-state index >= 15 is 0 Å². The van der Waals surface area contributed by atoms with Crippen LogP contribution in [0.3, 0.4) is 0 Å². The fraction of sp³-hybridized carbons (Fsp3) is 0.846. The number of amides is 1. The second kappa shape index (κ2) is 7.01. The average Bonchev–Trinajstić information content (AvgIpc) is 2.89. The van der Waals surface area contributed by atoms with E-state index in [1.54, 1.807) is 0 Å². The van der Waals surface area contributed by atoms with E-state index in [2.05, 4.69) is 5.32 Å². The van der Waals surface area contributed by atoms with Gasteiger partial charge in [0.25, 0.3) is 0 Å². The molecular formula is C13H23NO6. The van der Waals surface area contributed by atoms with E-state index in [-0.39, 0.29) is 5.92 Å². The number of carboxylic acids is 1. The zero-order chi connectivity index (χ0) is 15.3. The van der Waals surface area contributed by atoms with Gasteiger partial charge in [-0.1, -0.05) is 13.3 Å². The van der Waals surface area contributed by atoms with E-state index in [1.165, 1.54) is 0 Å². The zero-order valence-corrected chi connectivity index (χ0v) is 11.6. The lowest BCUT2D eigenvalue weighted by molar-refractivity contribution is -0.147. The number of aliphatic carboxylic acids is 1. The Kier molecular flexibility index (Phi) is 5.91. The third kappa shape index (κ3) is 3.47. The summed E-state index contributed by atoms with van der Waals surface area (Å²) in [6.07, 6.45) is 1.73. The van der Waals surface area contributed by atoms with E-state index in [1.807, 2.05) is 6.92 Å². The summed E-state index contributed by atoms with van der Waals surface area (Å²) in [5, 5.41) is 39.2. The van der Waals surface area contributed by atoms with E-state index in [4.69, 9.17) is 0 Å². The third-order valence-corrected chi connectivity index (χ3v) is 4.19. The molecule has 7 heteroatoms. The highest BCUT2D eigenvalue weighted by Crippen LogP contribution is 2.38. The van der Waals surface area contributed by atoms with Gasteiger partial charge in [0.05, 0.1) is 31.7 Å². The predicted molar refractivity (Wildman–Crippen MR) is 69.8 cm³/mol. The van der Waals surface area contributed by atoms with Crippen molar-refractivity contribution in [3.63, 3.8) is 0 Å². The highest BCUT2D eigenvalue weighted by atomic mass is 16.4. The topological polar surface area (TPSA) is 127 Å². The molecule has 0 bridgehead atoms. The van der Waals surface area contributed by atoms with Crippen molar-refractivity contribution in [1.82, 2.24) is 5.32 Å². The van der Waals surface area contributed by atoms with Gasteiger partial charge in [0.2, 0.25) is 5.91 Å². The van der Waals surface area contributed by atoms with Crippen LogP contribution < -0.4 is 5.32 Å². The number of carbonyl (C=O) groups excluding carboxylic acids is 1. The van der Waals surface area contributed by atoms with Crippen LogP contribution in [0.2, 0.25) is 0 Å². The molecular weight excluding hydrogens is 266 g/mol. The molecule has 1 amide bonds. The number of nitrogens with one attached hydrogen (secondary N) is 1. The number of aliphatic hydroxyl groups excluding tert-OH is 3. The van der Waals surface area contributed by atoms with E-state index in [0.717, 1.165) is 6.42 Å². The highest BCUT2D eigenvalue weighted by Gasteiger charge is 2.44. The van der Waals surface area contributed by atoms with Crippen molar-refractivity contribution in [3.8, 4) is 0 Å². The second-order valence-corrected chi connectivity index (χ2v) is 5.54. The monoisotopic (exact) mass is 289 g/mol. The predicted octanol–water partition coefficient (Wildman–Crippen LogP) is -1.04. The lowest BCUT2D eigenvalue weighted by atomic mass is 9.93. The summed E-state index contributed by atoms with van der Waals surface area (Å²) in [4.78, 5) is 23.4. The van der Waals surface area contributed by atoms with Crippen LogP contribution in [0.1, 0.15) is 26.2 Å². The lowest BCUT2D eigenvalue weighted by Gasteiger charge is -2.30. The van der Waals surface area contributed by atoms with E-state index < -0.39 is 49.1 Å². The molecule has 1 fully saturated rings. The van der Waals surface area contributed by atoms with Gasteiger partial charge in [0.1, 0.15) is 5.54 Å². The molecule has 3 atom stereocenters. The van der Waals surface area contributed by atoms with Crippen LogP contribution in [0.15, 0.2) is 0 Å². The number of carbonyl (C=O) groups is 2. The quantitative estimate of drug-likeness (QED) is 0.407. The van der Waals surface area contributed by atoms with Crippen LogP contribution in [-0.4, -0.2) is 57.7 Å². The Balaban J connectivity index is 2.81. The van der Waals surface area contributed by atoms with Gasteiger partial charge < -0.3 is 25.7 Å². The van der Waals surface area contributed by atoms with Crippen molar-refractivity contribution in [2.75, 3.05) is 19.8 Å². The minimum absolute atomic E-state index is 0.179. The van der Waals surface area contributed by atoms with Gasteiger partial charge in [-0.3, -0.25) is 9.59 Å². The van der Waals surface area contributed by atoms with Crippen LogP contribution in [0.5, 0.6) is 0 Å². The number of carboxylic acid groups (broad SMARTS) is 1. The van der Waals surface area contributed by atoms with Crippen LogP contribution in [-0.2, 0) is 9.59 Å². The molecule has 0 radical (unpaired) electrons. The Morgan fingerprint density at radius 1 is 1.10 bits per heavy atom. The largest absolute Gasteiger partial charge is 0.481 e. The molecule has 0 aromatic heterocycles. The summed E-state index contributed by atoms with van der Waals surface area (Å²) < 4.78 is 0. The molecule has 0 aliphatic heterocycles. The summed E-state index contributed by atoms with van der Waals surface area (Å²) in [6, 6.07) is 0. The Labute approximate surface area is 117 Å². The first kappa shape index (κ1) is 16.9.